The van der Waals surface area contributed by atoms with E-state index in [2.05, 4.69) is 15.9 Å². The van der Waals surface area contributed by atoms with Crippen LogP contribution < -0.4 is 5.43 Å². The first-order valence-corrected chi connectivity index (χ1v) is 7.68. The summed E-state index contributed by atoms with van der Waals surface area (Å²) in [5, 5.41) is 2.51. The zero-order chi connectivity index (χ0) is 14.1. The van der Waals surface area contributed by atoms with Gasteiger partial charge in [-0.1, -0.05) is 12.1 Å². The van der Waals surface area contributed by atoms with E-state index in [0.717, 1.165) is 9.99 Å². The van der Waals surface area contributed by atoms with E-state index in [9.17, 15) is 9.59 Å². The standard InChI is InChI=1S/C15H10BrNO2S/c16-11-6-8-20-15(11)14(19)9-17-7-5-13(18)10-3-1-2-4-12(10)17/h1-8H,9H2. The largest absolute Gasteiger partial charge is 0.339 e. The van der Waals surface area contributed by atoms with Gasteiger partial charge in [0.15, 0.2) is 11.2 Å². The molecule has 5 heteroatoms. The van der Waals surface area contributed by atoms with E-state index in [-0.39, 0.29) is 17.8 Å². The molecule has 2 heterocycles. The average molecular weight is 348 g/mol. The molecule has 20 heavy (non-hydrogen) atoms. The lowest BCUT2D eigenvalue weighted by Crippen LogP contribution is -2.13. The van der Waals surface area contributed by atoms with Crippen LogP contribution in [-0.2, 0) is 6.54 Å². The Morgan fingerprint density at radius 1 is 1.20 bits per heavy atom. The second-order valence-corrected chi connectivity index (χ2v) is 6.12. The van der Waals surface area contributed by atoms with Crippen molar-refractivity contribution in [2.24, 2.45) is 0 Å². The minimum Gasteiger partial charge on any atom is -0.339 e. The number of nitrogens with zero attached hydrogens (tertiary/aromatic N) is 1. The van der Waals surface area contributed by atoms with Crippen molar-refractivity contribution in [1.82, 2.24) is 4.57 Å². The quantitative estimate of drug-likeness (QED) is 0.677. The molecule has 1 aromatic carbocycles. The summed E-state index contributed by atoms with van der Waals surface area (Å²) in [5.74, 6) is 0.0284. The molecule has 3 rings (SSSR count). The number of carbonyl (C=O) groups is 1. The van der Waals surface area contributed by atoms with Crippen LogP contribution in [0.2, 0.25) is 0 Å². The number of thiophene rings is 1. The molecule has 3 nitrogen and oxygen atoms in total. The number of benzene rings is 1. The minimum absolute atomic E-state index is 0.0263. The summed E-state index contributed by atoms with van der Waals surface area (Å²) in [6.07, 6.45) is 1.67. The van der Waals surface area contributed by atoms with Gasteiger partial charge in [-0.2, -0.15) is 0 Å². The van der Waals surface area contributed by atoms with Crippen LogP contribution in [0.15, 0.2) is 57.2 Å². The minimum atomic E-state index is -0.0263. The number of ketones is 1. The molecular weight excluding hydrogens is 338 g/mol. The molecule has 100 valence electrons. The maximum atomic E-state index is 12.3. The summed E-state index contributed by atoms with van der Waals surface area (Å²) < 4.78 is 2.63. The Bertz CT molecular complexity index is 850. The molecule has 0 unspecified atom stereocenters. The number of halogens is 1. The summed E-state index contributed by atoms with van der Waals surface area (Å²) in [6, 6.07) is 10.7. The number of fused-ring (bicyclic) bond motifs is 1. The number of carbonyl (C=O) groups excluding carboxylic acids is 1. The Kier molecular flexibility index (Phi) is 3.54. The molecule has 3 aromatic rings. The van der Waals surface area contributed by atoms with E-state index in [0.29, 0.717) is 10.3 Å². The van der Waals surface area contributed by atoms with Crippen molar-refractivity contribution in [2.75, 3.05) is 0 Å². The Labute approximate surface area is 127 Å². The zero-order valence-corrected chi connectivity index (χ0v) is 12.8. The van der Waals surface area contributed by atoms with E-state index < -0.39 is 0 Å². The molecular formula is C15H10BrNO2S. The van der Waals surface area contributed by atoms with Gasteiger partial charge in [-0.05, 0) is 39.5 Å². The topological polar surface area (TPSA) is 39.1 Å². The van der Waals surface area contributed by atoms with Crippen LogP contribution in [-0.4, -0.2) is 10.4 Å². The molecule has 0 aliphatic heterocycles. The van der Waals surface area contributed by atoms with Gasteiger partial charge in [0.25, 0.3) is 0 Å². The predicted molar refractivity (Wildman–Crippen MR) is 84.6 cm³/mol. The molecule has 0 aliphatic rings. The zero-order valence-electron chi connectivity index (χ0n) is 10.4. The van der Waals surface area contributed by atoms with Crippen molar-refractivity contribution in [3.05, 3.63) is 67.5 Å². The number of para-hydroxylation sites is 1. The highest BCUT2D eigenvalue weighted by atomic mass is 79.9. The number of aromatic nitrogens is 1. The highest BCUT2D eigenvalue weighted by Crippen LogP contribution is 2.24. The van der Waals surface area contributed by atoms with Crippen molar-refractivity contribution in [2.45, 2.75) is 6.54 Å². The van der Waals surface area contributed by atoms with Crippen molar-refractivity contribution in [3.8, 4) is 0 Å². The molecule has 0 saturated heterocycles. The average Bonchev–Trinajstić information content (AvgIpc) is 2.88. The van der Waals surface area contributed by atoms with E-state index in [1.807, 2.05) is 34.2 Å². The van der Waals surface area contributed by atoms with Gasteiger partial charge in [0.1, 0.15) is 0 Å². The van der Waals surface area contributed by atoms with Gasteiger partial charge in [0, 0.05) is 22.1 Å². The molecule has 2 aromatic heterocycles. The van der Waals surface area contributed by atoms with Gasteiger partial charge in [0.05, 0.1) is 16.9 Å². The van der Waals surface area contributed by atoms with Crippen LogP contribution in [0.1, 0.15) is 9.67 Å². The van der Waals surface area contributed by atoms with E-state index in [1.165, 1.54) is 17.4 Å². The molecule has 0 aliphatic carbocycles. The molecule has 0 radical (unpaired) electrons. The summed E-state index contributed by atoms with van der Waals surface area (Å²) in [7, 11) is 0. The normalized spacial score (nSPS) is 10.8. The molecule has 0 N–H and O–H groups in total. The monoisotopic (exact) mass is 347 g/mol. The van der Waals surface area contributed by atoms with E-state index in [1.54, 1.807) is 12.3 Å². The van der Waals surface area contributed by atoms with Gasteiger partial charge in [-0.15, -0.1) is 11.3 Å². The summed E-state index contributed by atoms with van der Waals surface area (Å²) in [6.45, 7) is 0.222. The summed E-state index contributed by atoms with van der Waals surface area (Å²) in [4.78, 5) is 24.8. The van der Waals surface area contributed by atoms with Crippen LogP contribution >= 0.6 is 27.3 Å². The van der Waals surface area contributed by atoms with Gasteiger partial charge < -0.3 is 4.57 Å². The van der Waals surface area contributed by atoms with Crippen LogP contribution in [0, 0.1) is 0 Å². The fourth-order valence-corrected chi connectivity index (χ4v) is 3.64. The van der Waals surface area contributed by atoms with Crippen LogP contribution in [0.25, 0.3) is 10.9 Å². The fourth-order valence-electron chi connectivity index (χ4n) is 2.12. The Morgan fingerprint density at radius 3 is 2.75 bits per heavy atom. The molecule has 0 spiro atoms. The highest BCUT2D eigenvalue weighted by molar-refractivity contribution is 9.10. The second kappa shape index (κ2) is 5.34. The number of hydrogen-bond donors (Lipinski definition) is 0. The third kappa shape index (κ3) is 2.34. The lowest BCUT2D eigenvalue weighted by Gasteiger charge is -2.09. The lowest BCUT2D eigenvalue weighted by molar-refractivity contribution is 0.0976. The first-order chi connectivity index (χ1) is 9.66. The van der Waals surface area contributed by atoms with Crippen molar-refractivity contribution in [3.63, 3.8) is 0 Å². The number of rotatable bonds is 3. The van der Waals surface area contributed by atoms with Crippen molar-refractivity contribution in [1.29, 1.82) is 0 Å². The molecule has 0 amide bonds. The van der Waals surface area contributed by atoms with Gasteiger partial charge >= 0.3 is 0 Å². The summed E-state index contributed by atoms with van der Waals surface area (Å²) in [5.41, 5.74) is 0.752. The SMILES string of the molecule is O=C(Cn1ccc(=O)c2ccccc21)c1sccc1Br. The van der Waals surface area contributed by atoms with Gasteiger partial charge in [-0.25, -0.2) is 0 Å². The molecule has 0 bridgehead atoms. The first kappa shape index (κ1) is 13.3. The van der Waals surface area contributed by atoms with Crippen molar-refractivity contribution < 1.29 is 4.79 Å². The Balaban J connectivity index is 2.04. The fraction of sp³-hybridized carbons (Fsp3) is 0.0667. The lowest BCUT2D eigenvalue weighted by atomic mass is 10.2. The van der Waals surface area contributed by atoms with Crippen LogP contribution in [0.3, 0.4) is 0 Å². The van der Waals surface area contributed by atoms with Crippen molar-refractivity contribution >= 4 is 44.0 Å². The van der Waals surface area contributed by atoms with Crippen LogP contribution in [0.5, 0.6) is 0 Å². The maximum absolute atomic E-state index is 12.3. The maximum Gasteiger partial charge on any atom is 0.193 e. The molecule has 0 atom stereocenters. The van der Waals surface area contributed by atoms with Crippen LogP contribution in [0.4, 0.5) is 0 Å². The highest BCUT2D eigenvalue weighted by Gasteiger charge is 2.13. The molecule has 0 fully saturated rings. The Morgan fingerprint density at radius 2 is 2.00 bits per heavy atom. The molecule has 0 saturated carbocycles. The number of pyridine rings is 1. The first-order valence-electron chi connectivity index (χ1n) is 6.01. The third-order valence-electron chi connectivity index (χ3n) is 3.07. The van der Waals surface area contributed by atoms with Gasteiger partial charge in [0.2, 0.25) is 0 Å². The van der Waals surface area contributed by atoms with E-state index >= 15 is 0 Å². The number of hydrogen-bond acceptors (Lipinski definition) is 3. The van der Waals surface area contributed by atoms with Gasteiger partial charge in [-0.3, -0.25) is 9.59 Å². The second-order valence-electron chi connectivity index (χ2n) is 4.35. The predicted octanol–water partition coefficient (Wildman–Crippen LogP) is 3.71. The smallest absolute Gasteiger partial charge is 0.193 e. The van der Waals surface area contributed by atoms with E-state index in [4.69, 9.17) is 0 Å². The number of Topliss-reactive ketones (excluding diaryl/α,β-unsaturated/α-hetero) is 1. The summed E-state index contributed by atoms with van der Waals surface area (Å²) >= 11 is 4.79. The third-order valence-corrected chi connectivity index (χ3v) is 4.95. The Hall–Kier alpha value is -1.72.